The maximum Gasteiger partial charge on any atom is 0.251 e. The number of carbonyl (C=O) groups is 1. The number of sulfonamides is 1. The zero-order valence-electron chi connectivity index (χ0n) is 16.3. The summed E-state index contributed by atoms with van der Waals surface area (Å²) in [6.07, 6.45) is 2.13. The van der Waals surface area contributed by atoms with Crippen molar-refractivity contribution in [2.75, 3.05) is 13.1 Å². The number of nitrogens with zero attached hydrogens (tertiary/aromatic N) is 2. The summed E-state index contributed by atoms with van der Waals surface area (Å²) in [6, 6.07) is 14.0. The van der Waals surface area contributed by atoms with E-state index in [1.807, 2.05) is 31.2 Å². The molecule has 1 amide bonds. The van der Waals surface area contributed by atoms with Crippen molar-refractivity contribution in [3.63, 3.8) is 0 Å². The van der Waals surface area contributed by atoms with Crippen LogP contribution in [0.3, 0.4) is 0 Å². The van der Waals surface area contributed by atoms with Gasteiger partial charge in [-0.1, -0.05) is 18.2 Å². The summed E-state index contributed by atoms with van der Waals surface area (Å²) in [5.41, 5.74) is 2.27. The average molecular weight is 413 g/mol. The Morgan fingerprint density at radius 1 is 1.17 bits per heavy atom. The van der Waals surface area contributed by atoms with Crippen molar-refractivity contribution >= 4 is 27.0 Å². The number of carbonyl (C=O) groups excluding carboxylic acids is 1. The first-order chi connectivity index (χ1) is 13.9. The Hall–Kier alpha value is -2.71. The molecular formula is C21H24N4O3S. The van der Waals surface area contributed by atoms with Gasteiger partial charge < -0.3 is 9.88 Å². The van der Waals surface area contributed by atoms with E-state index in [0.29, 0.717) is 31.1 Å². The maximum absolute atomic E-state index is 12.5. The Labute approximate surface area is 170 Å². The summed E-state index contributed by atoms with van der Waals surface area (Å²) in [6.45, 7) is 3.39. The van der Waals surface area contributed by atoms with Crippen LogP contribution in [0.25, 0.3) is 11.0 Å². The molecule has 0 spiro atoms. The quantitative estimate of drug-likeness (QED) is 0.594. The SMILES string of the molecule is Cc1nc2ccccc2n1CCNC(=O)c1cccc(S(=O)(=O)NCC2CC2)c1. The van der Waals surface area contributed by atoms with Crippen LogP contribution in [0, 0.1) is 12.8 Å². The lowest BCUT2D eigenvalue weighted by Crippen LogP contribution is -2.28. The van der Waals surface area contributed by atoms with Crippen molar-refractivity contribution in [1.82, 2.24) is 19.6 Å². The molecule has 29 heavy (non-hydrogen) atoms. The van der Waals surface area contributed by atoms with Gasteiger partial charge in [0.25, 0.3) is 5.91 Å². The fraction of sp³-hybridized carbons (Fsp3) is 0.333. The molecule has 0 atom stereocenters. The van der Waals surface area contributed by atoms with E-state index < -0.39 is 10.0 Å². The number of rotatable bonds is 8. The maximum atomic E-state index is 12.5. The number of para-hydroxylation sites is 2. The van der Waals surface area contributed by atoms with Gasteiger partial charge in [-0.05, 0) is 56.0 Å². The number of aryl methyl sites for hydroxylation is 1. The fourth-order valence-corrected chi connectivity index (χ4v) is 4.46. The Morgan fingerprint density at radius 3 is 2.76 bits per heavy atom. The monoisotopic (exact) mass is 412 g/mol. The molecule has 4 rings (SSSR count). The van der Waals surface area contributed by atoms with Crippen LogP contribution in [0.2, 0.25) is 0 Å². The number of aromatic nitrogens is 2. The molecule has 0 bridgehead atoms. The van der Waals surface area contributed by atoms with Crippen molar-refractivity contribution < 1.29 is 13.2 Å². The molecule has 152 valence electrons. The second kappa shape index (κ2) is 7.96. The lowest BCUT2D eigenvalue weighted by atomic mass is 10.2. The van der Waals surface area contributed by atoms with Gasteiger partial charge in [0.1, 0.15) is 5.82 Å². The topological polar surface area (TPSA) is 93.1 Å². The van der Waals surface area contributed by atoms with Crippen LogP contribution in [-0.4, -0.2) is 37.0 Å². The van der Waals surface area contributed by atoms with E-state index in [9.17, 15) is 13.2 Å². The summed E-state index contributed by atoms with van der Waals surface area (Å²) in [4.78, 5) is 17.2. The number of imidazole rings is 1. The molecule has 0 unspecified atom stereocenters. The Balaban J connectivity index is 1.40. The second-order valence-corrected chi connectivity index (χ2v) is 9.15. The van der Waals surface area contributed by atoms with Gasteiger partial charge in [0.2, 0.25) is 10.0 Å². The number of amides is 1. The van der Waals surface area contributed by atoms with Crippen LogP contribution in [0.1, 0.15) is 29.0 Å². The molecule has 0 aliphatic heterocycles. The van der Waals surface area contributed by atoms with Gasteiger partial charge in [0, 0.05) is 25.2 Å². The van der Waals surface area contributed by atoms with Crippen LogP contribution >= 0.6 is 0 Å². The highest BCUT2D eigenvalue weighted by atomic mass is 32.2. The fourth-order valence-electron chi connectivity index (χ4n) is 3.30. The van der Waals surface area contributed by atoms with Gasteiger partial charge in [-0.25, -0.2) is 18.1 Å². The molecular weight excluding hydrogens is 388 g/mol. The second-order valence-electron chi connectivity index (χ2n) is 7.38. The third-order valence-electron chi connectivity index (χ3n) is 5.13. The number of fused-ring (bicyclic) bond motifs is 1. The Morgan fingerprint density at radius 2 is 1.97 bits per heavy atom. The van der Waals surface area contributed by atoms with Gasteiger partial charge in [-0.15, -0.1) is 0 Å². The molecule has 1 saturated carbocycles. The standard InChI is InChI=1S/C21H24N4O3S/c1-15-24-19-7-2-3-8-20(19)25(15)12-11-22-21(26)17-5-4-6-18(13-17)29(27,28)23-14-16-9-10-16/h2-8,13,16,23H,9-12,14H2,1H3,(H,22,26). The van der Waals surface area contributed by atoms with Crippen LogP contribution in [0.5, 0.6) is 0 Å². The molecule has 3 aromatic rings. The summed E-state index contributed by atoms with van der Waals surface area (Å²) in [7, 11) is -3.60. The van der Waals surface area contributed by atoms with Crippen molar-refractivity contribution in [3.8, 4) is 0 Å². The molecule has 0 saturated heterocycles. The smallest absolute Gasteiger partial charge is 0.251 e. The summed E-state index contributed by atoms with van der Waals surface area (Å²) in [5.74, 6) is 1.03. The molecule has 1 heterocycles. The highest BCUT2D eigenvalue weighted by Crippen LogP contribution is 2.28. The minimum absolute atomic E-state index is 0.113. The van der Waals surface area contributed by atoms with E-state index in [4.69, 9.17) is 0 Å². The first-order valence-corrected chi connectivity index (χ1v) is 11.2. The third kappa shape index (κ3) is 4.49. The predicted molar refractivity (Wildman–Crippen MR) is 111 cm³/mol. The molecule has 2 N–H and O–H groups in total. The van der Waals surface area contributed by atoms with Gasteiger partial charge in [-0.3, -0.25) is 4.79 Å². The van der Waals surface area contributed by atoms with Gasteiger partial charge in [0.05, 0.1) is 15.9 Å². The van der Waals surface area contributed by atoms with Crippen LogP contribution in [-0.2, 0) is 16.6 Å². The number of benzene rings is 2. The van der Waals surface area contributed by atoms with Gasteiger partial charge >= 0.3 is 0 Å². The third-order valence-corrected chi connectivity index (χ3v) is 6.55. The lowest BCUT2D eigenvalue weighted by molar-refractivity contribution is 0.0952. The van der Waals surface area contributed by atoms with Gasteiger partial charge in [-0.2, -0.15) is 0 Å². The summed E-state index contributed by atoms with van der Waals surface area (Å²) >= 11 is 0. The first kappa shape index (κ1) is 19.6. The van der Waals surface area contributed by atoms with E-state index in [1.165, 1.54) is 12.1 Å². The van der Waals surface area contributed by atoms with E-state index >= 15 is 0 Å². The van der Waals surface area contributed by atoms with E-state index in [2.05, 4.69) is 19.6 Å². The first-order valence-electron chi connectivity index (χ1n) is 9.74. The molecule has 8 heteroatoms. The molecule has 0 radical (unpaired) electrons. The molecule has 1 fully saturated rings. The van der Waals surface area contributed by atoms with Crippen LogP contribution < -0.4 is 10.0 Å². The van der Waals surface area contributed by atoms with Gasteiger partial charge in [0.15, 0.2) is 0 Å². The summed E-state index contributed by atoms with van der Waals surface area (Å²) < 4.78 is 29.5. The highest BCUT2D eigenvalue weighted by molar-refractivity contribution is 7.89. The largest absolute Gasteiger partial charge is 0.350 e. The Kier molecular flexibility index (Phi) is 5.38. The molecule has 1 aliphatic carbocycles. The van der Waals surface area contributed by atoms with E-state index in [-0.39, 0.29) is 10.8 Å². The molecule has 1 aromatic heterocycles. The minimum atomic E-state index is -3.60. The normalized spacial score (nSPS) is 14.2. The van der Waals surface area contributed by atoms with Crippen LogP contribution in [0.15, 0.2) is 53.4 Å². The number of nitrogens with one attached hydrogen (secondary N) is 2. The molecule has 2 aromatic carbocycles. The molecule has 7 nitrogen and oxygen atoms in total. The number of hydrogen-bond acceptors (Lipinski definition) is 4. The highest BCUT2D eigenvalue weighted by Gasteiger charge is 2.24. The zero-order chi connectivity index (χ0) is 20.4. The van der Waals surface area contributed by atoms with Crippen molar-refractivity contribution in [3.05, 3.63) is 59.9 Å². The zero-order valence-corrected chi connectivity index (χ0v) is 17.1. The minimum Gasteiger partial charge on any atom is -0.350 e. The van der Waals surface area contributed by atoms with E-state index in [1.54, 1.807) is 12.1 Å². The number of hydrogen-bond donors (Lipinski definition) is 2. The summed E-state index contributed by atoms with van der Waals surface area (Å²) in [5, 5.41) is 2.87. The average Bonchev–Trinajstić information content (AvgIpc) is 3.50. The Bertz CT molecular complexity index is 1150. The van der Waals surface area contributed by atoms with Crippen LogP contribution in [0.4, 0.5) is 0 Å². The molecule has 1 aliphatic rings. The predicted octanol–water partition coefficient (Wildman–Crippen LogP) is 2.46. The van der Waals surface area contributed by atoms with Crippen molar-refractivity contribution in [1.29, 1.82) is 0 Å². The lowest BCUT2D eigenvalue weighted by Gasteiger charge is -2.10. The van der Waals surface area contributed by atoms with Crippen molar-refractivity contribution in [2.24, 2.45) is 5.92 Å². The van der Waals surface area contributed by atoms with Crippen molar-refractivity contribution in [2.45, 2.75) is 31.2 Å². The van der Waals surface area contributed by atoms with E-state index in [0.717, 1.165) is 29.7 Å².